The number of hydrogen-bond acceptors (Lipinski definition) is 4. The molecule has 2 aromatic rings. The lowest BCUT2D eigenvalue weighted by atomic mass is 10.1. The third-order valence-electron chi connectivity index (χ3n) is 4.12. The summed E-state index contributed by atoms with van der Waals surface area (Å²) in [6, 6.07) is 14.4. The Balaban J connectivity index is 1.58. The van der Waals surface area contributed by atoms with Crippen molar-refractivity contribution in [2.75, 3.05) is 25.5 Å². The van der Waals surface area contributed by atoms with Crippen molar-refractivity contribution in [1.29, 1.82) is 0 Å². The average Bonchev–Trinajstić information content (AvgIpc) is 2.86. The summed E-state index contributed by atoms with van der Waals surface area (Å²) in [5, 5.41) is 2.74. The zero-order valence-corrected chi connectivity index (χ0v) is 14.2. The van der Waals surface area contributed by atoms with Gasteiger partial charge in [0.05, 0.1) is 11.1 Å². The van der Waals surface area contributed by atoms with Gasteiger partial charge in [0.25, 0.3) is 11.8 Å². The van der Waals surface area contributed by atoms with Crippen LogP contribution in [0.5, 0.6) is 0 Å². The van der Waals surface area contributed by atoms with Crippen LogP contribution in [0, 0.1) is 0 Å². The van der Waals surface area contributed by atoms with Crippen LogP contribution in [0.25, 0.3) is 0 Å². The number of imide groups is 1. The van der Waals surface area contributed by atoms with Crippen molar-refractivity contribution in [3.8, 4) is 0 Å². The topological polar surface area (TPSA) is 69.7 Å². The molecule has 1 N–H and O–H groups in total. The Morgan fingerprint density at radius 3 is 2.04 bits per heavy atom. The van der Waals surface area contributed by atoms with E-state index in [1.165, 1.54) is 0 Å². The molecule has 0 saturated carbocycles. The van der Waals surface area contributed by atoms with E-state index in [0.717, 1.165) is 16.2 Å². The molecule has 1 aliphatic heterocycles. The van der Waals surface area contributed by atoms with Gasteiger partial charge in [-0.3, -0.25) is 19.3 Å². The van der Waals surface area contributed by atoms with Gasteiger partial charge < -0.3 is 10.2 Å². The molecule has 3 rings (SSSR count). The molecule has 0 bridgehead atoms. The molecule has 3 amide bonds. The Morgan fingerprint density at radius 1 is 0.960 bits per heavy atom. The highest BCUT2D eigenvalue weighted by molar-refractivity contribution is 6.22. The number of carbonyl (C=O) groups excluding carboxylic acids is 3. The summed E-state index contributed by atoms with van der Waals surface area (Å²) >= 11 is 0. The summed E-state index contributed by atoms with van der Waals surface area (Å²) in [5.74, 6) is -1.22. The molecule has 0 aliphatic carbocycles. The summed E-state index contributed by atoms with van der Waals surface area (Å²) in [6.45, 7) is 0.0673. The van der Waals surface area contributed by atoms with Crippen molar-refractivity contribution in [3.05, 3.63) is 65.2 Å². The SMILES string of the molecule is CN(C)c1ccc(CNC(=O)CN2C(=O)c3ccccc3C2=O)cc1. The summed E-state index contributed by atoms with van der Waals surface area (Å²) in [6.07, 6.45) is 0. The van der Waals surface area contributed by atoms with E-state index in [4.69, 9.17) is 0 Å². The largest absolute Gasteiger partial charge is 0.378 e. The fourth-order valence-electron chi connectivity index (χ4n) is 2.69. The number of nitrogens with one attached hydrogen (secondary N) is 1. The predicted molar refractivity (Wildman–Crippen MR) is 94.4 cm³/mol. The van der Waals surface area contributed by atoms with Crippen LogP contribution < -0.4 is 10.2 Å². The minimum absolute atomic E-state index is 0.276. The maximum atomic E-state index is 12.2. The lowest BCUT2D eigenvalue weighted by Gasteiger charge is -2.15. The van der Waals surface area contributed by atoms with Crippen LogP contribution in [-0.4, -0.2) is 43.3 Å². The number of nitrogens with zero attached hydrogens (tertiary/aromatic N) is 2. The first-order valence-electron chi connectivity index (χ1n) is 7.95. The molecule has 6 nitrogen and oxygen atoms in total. The highest BCUT2D eigenvalue weighted by atomic mass is 16.2. The molecule has 1 aliphatic rings. The Labute approximate surface area is 146 Å². The minimum atomic E-state index is -0.425. The molecule has 25 heavy (non-hydrogen) atoms. The molecule has 0 fully saturated rings. The zero-order valence-electron chi connectivity index (χ0n) is 14.2. The lowest BCUT2D eigenvalue weighted by molar-refractivity contribution is -0.121. The van der Waals surface area contributed by atoms with Gasteiger partial charge in [-0.25, -0.2) is 0 Å². The quantitative estimate of drug-likeness (QED) is 0.843. The molecular weight excluding hydrogens is 318 g/mol. The van der Waals surface area contributed by atoms with Gasteiger partial charge in [0.2, 0.25) is 5.91 Å². The van der Waals surface area contributed by atoms with Gasteiger partial charge in [-0.05, 0) is 29.8 Å². The van der Waals surface area contributed by atoms with E-state index in [9.17, 15) is 14.4 Å². The number of amides is 3. The Morgan fingerprint density at radius 2 is 1.52 bits per heavy atom. The summed E-state index contributed by atoms with van der Waals surface area (Å²) in [5.41, 5.74) is 2.71. The summed E-state index contributed by atoms with van der Waals surface area (Å²) < 4.78 is 0. The molecule has 0 radical (unpaired) electrons. The smallest absolute Gasteiger partial charge is 0.262 e. The van der Waals surface area contributed by atoms with Gasteiger partial charge >= 0.3 is 0 Å². The maximum absolute atomic E-state index is 12.2. The molecule has 0 aromatic heterocycles. The van der Waals surface area contributed by atoms with E-state index >= 15 is 0 Å². The third kappa shape index (κ3) is 3.38. The number of hydrogen-bond donors (Lipinski definition) is 1. The summed E-state index contributed by atoms with van der Waals surface area (Å²) in [7, 11) is 3.91. The van der Waals surface area contributed by atoms with Crippen molar-refractivity contribution in [2.45, 2.75) is 6.54 Å². The van der Waals surface area contributed by atoms with Crippen LogP contribution in [0.15, 0.2) is 48.5 Å². The molecule has 0 spiro atoms. The average molecular weight is 337 g/mol. The van der Waals surface area contributed by atoms with Crippen LogP contribution in [0.3, 0.4) is 0 Å². The second kappa shape index (κ2) is 6.76. The standard InChI is InChI=1S/C19H19N3O3/c1-21(2)14-9-7-13(8-10-14)11-20-17(23)12-22-18(24)15-5-3-4-6-16(15)19(22)25/h3-10H,11-12H2,1-2H3,(H,20,23). The first-order chi connectivity index (χ1) is 12.0. The molecule has 6 heteroatoms. The van der Waals surface area contributed by atoms with Gasteiger partial charge in [-0.2, -0.15) is 0 Å². The second-order valence-electron chi connectivity index (χ2n) is 6.08. The second-order valence-corrected chi connectivity index (χ2v) is 6.08. The predicted octanol–water partition coefficient (Wildman–Crippen LogP) is 1.66. The van der Waals surface area contributed by atoms with E-state index in [1.807, 2.05) is 43.3 Å². The lowest BCUT2D eigenvalue weighted by Crippen LogP contribution is -2.40. The van der Waals surface area contributed by atoms with Crippen LogP contribution in [0.1, 0.15) is 26.3 Å². The van der Waals surface area contributed by atoms with Crippen molar-refractivity contribution >= 4 is 23.4 Å². The highest BCUT2D eigenvalue weighted by Gasteiger charge is 2.36. The minimum Gasteiger partial charge on any atom is -0.378 e. The summed E-state index contributed by atoms with van der Waals surface area (Å²) in [4.78, 5) is 39.6. The first kappa shape index (κ1) is 16.7. The number of carbonyl (C=O) groups is 3. The van der Waals surface area contributed by atoms with E-state index in [1.54, 1.807) is 24.3 Å². The van der Waals surface area contributed by atoms with Crippen LogP contribution in [0.2, 0.25) is 0 Å². The monoisotopic (exact) mass is 337 g/mol. The van der Waals surface area contributed by atoms with Crippen molar-refractivity contribution < 1.29 is 14.4 Å². The number of fused-ring (bicyclic) bond motifs is 1. The zero-order chi connectivity index (χ0) is 18.0. The number of rotatable bonds is 5. The maximum Gasteiger partial charge on any atom is 0.262 e. The molecule has 2 aromatic carbocycles. The van der Waals surface area contributed by atoms with Crippen molar-refractivity contribution in [1.82, 2.24) is 10.2 Å². The molecule has 1 heterocycles. The van der Waals surface area contributed by atoms with Crippen LogP contribution in [0.4, 0.5) is 5.69 Å². The molecule has 128 valence electrons. The molecular formula is C19H19N3O3. The normalized spacial score (nSPS) is 13.0. The van der Waals surface area contributed by atoms with Crippen LogP contribution in [-0.2, 0) is 11.3 Å². The molecule has 0 saturated heterocycles. The van der Waals surface area contributed by atoms with Gasteiger partial charge in [0.15, 0.2) is 0 Å². The Bertz CT molecular complexity index is 793. The van der Waals surface area contributed by atoms with Gasteiger partial charge in [-0.1, -0.05) is 24.3 Å². The van der Waals surface area contributed by atoms with E-state index in [0.29, 0.717) is 17.7 Å². The van der Waals surface area contributed by atoms with E-state index < -0.39 is 11.8 Å². The third-order valence-corrected chi connectivity index (χ3v) is 4.12. The van der Waals surface area contributed by atoms with Crippen molar-refractivity contribution in [2.24, 2.45) is 0 Å². The molecule has 0 unspecified atom stereocenters. The highest BCUT2D eigenvalue weighted by Crippen LogP contribution is 2.21. The van der Waals surface area contributed by atoms with Gasteiger partial charge in [-0.15, -0.1) is 0 Å². The fourth-order valence-corrected chi connectivity index (χ4v) is 2.69. The Kier molecular flexibility index (Phi) is 4.52. The molecule has 0 atom stereocenters. The number of benzene rings is 2. The fraction of sp³-hybridized carbons (Fsp3) is 0.211. The number of anilines is 1. The van der Waals surface area contributed by atoms with Gasteiger partial charge in [0, 0.05) is 26.3 Å². The van der Waals surface area contributed by atoms with E-state index in [2.05, 4.69) is 5.32 Å². The van der Waals surface area contributed by atoms with Crippen LogP contribution >= 0.6 is 0 Å². The van der Waals surface area contributed by atoms with E-state index in [-0.39, 0.29) is 12.5 Å². The first-order valence-corrected chi connectivity index (χ1v) is 7.95. The Hall–Kier alpha value is -3.15. The van der Waals surface area contributed by atoms with Gasteiger partial charge in [0.1, 0.15) is 6.54 Å². The van der Waals surface area contributed by atoms with Crippen molar-refractivity contribution in [3.63, 3.8) is 0 Å².